The van der Waals surface area contributed by atoms with E-state index >= 15 is 0 Å². The molecule has 1 amide bonds. The van der Waals surface area contributed by atoms with Crippen LogP contribution in [0.5, 0.6) is 0 Å². The van der Waals surface area contributed by atoms with Crippen LogP contribution in [0, 0.1) is 0 Å². The Kier molecular flexibility index (Phi) is 4.44. The maximum atomic E-state index is 11.4. The van der Waals surface area contributed by atoms with Gasteiger partial charge >= 0.3 is 11.1 Å². The summed E-state index contributed by atoms with van der Waals surface area (Å²) < 4.78 is 1.43. The van der Waals surface area contributed by atoms with E-state index in [1.807, 2.05) is 0 Å². The van der Waals surface area contributed by atoms with Crippen LogP contribution in [0.1, 0.15) is 0 Å². The van der Waals surface area contributed by atoms with Gasteiger partial charge in [-0.3, -0.25) is 0 Å². The minimum absolute atomic E-state index is 0.0178. The van der Waals surface area contributed by atoms with Gasteiger partial charge in [0, 0.05) is 7.05 Å². The van der Waals surface area contributed by atoms with Crippen LogP contribution in [-0.4, -0.2) is 39.8 Å². The first-order valence-electron chi connectivity index (χ1n) is 4.15. The van der Waals surface area contributed by atoms with Gasteiger partial charge in [0.2, 0.25) is 5.11 Å². The molecule has 0 aromatic carbocycles. The fourth-order valence-electron chi connectivity index (χ4n) is 0.865. The molecule has 1 heterocycles. The molecule has 1 saturated heterocycles. The molecule has 15 heavy (non-hydrogen) atoms. The van der Waals surface area contributed by atoms with Gasteiger partial charge in [0.15, 0.2) is 0 Å². The highest BCUT2D eigenvalue weighted by Gasteiger charge is 2.32. The third kappa shape index (κ3) is 3.14. The summed E-state index contributed by atoms with van der Waals surface area (Å²) in [5, 5.41) is 7.68. The molecule has 0 radical (unpaired) electrons. The molecule has 0 aromatic heterocycles. The van der Waals surface area contributed by atoms with Crippen molar-refractivity contribution in [2.24, 2.45) is 5.10 Å². The lowest BCUT2D eigenvalue weighted by molar-refractivity contribution is -0.323. The van der Waals surface area contributed by atoms with Gasteiger partial charge in [0.1, 0.15) is 5.75 Å². The summed E-state index contributed by atoms with van der Waals surface area (Å²) in [5.41, 5.74) is 2.62. The predicted octanol–water partition coefficient (Wildman–Crippen LogP) is -0.106. The Hall–Kier alpha value is -1.21. The molecule has 1 aliphatic rings. The number of amidine groups is 1. The second-order valence-corrected chi connectivity index (χ2v) is 3.87. The van der Waals surface area contributed by atoms with Crippen LogP contribution in [0.2, 0.25) is 0 Å². The summed E-state index contributed by atoms with van der Waals surface area (Å²) in [4.78, 5) is 11.4. The number of carbonyl (C=O) groups is 1. The van der Waals surface area contributed by atoms with Crippen LogP contribution in [0.3, 0.4) is 0 Å². The van der Waals surface area contributed by atoms with Gasteiger partial charge in [-0.25, -0.2) is 4.79 Å². The lowest BCUT2D eigenvalue weighted by atomic mass is 10.6. The SMILES string of the molecule is C=C/C=[N+]1\C(=O)CS\C1=N/NC(=S)NC. The first-order chi connectivity index (χ1) is 7.19. The van der Waals surface area contributed by atoms with Gasteiger partial charge < -0.3 is 5.32 Å². The molecule has 0 aliphatic carbocycles. The molecule has 0 bridgehead atoms. The fourth-order valence-corrected chi connectivity index (χ4v) is 1.71. The number of hydrazone groups is 1. The number of amides is 1. The zero-order valence-electron chi connectivity index (χ0n) is 8.19. The molecular weight excluding hydrogens is 232 g/mol. The first-order valence-corrected chi connectivity index (χ1v) is 5.54. The third-order valence-corrected chi connectivity index (χ3v) is 2.77. The van der Waals surface area contributed by atoms with Crippen molar-refractivity contribution in [1.82, 2.24) is 10.7 Å². The van der Waals surface area contributed by atoms with E-state index in [4.69, 9.17) is 12.2 Å². The smallest absolute Gasteiger partial charge is 0.363 e. The van der Waals surface area contributed by atoms with E-state index < -0.39 is 0 Å². The molecule has 1 fully saturated rings. The highest BCUT2D eigenvalue weighted by molar-refractivity contribution is 8.14. The first kappa shape index (κ1) is 11.9. The van der Waals surface area contributed by atoms with Crippen molar-refractivity contribution in [3.63, 3.8) is 0 Å². The summed E-state index contributed by atoms with van der Waals surface area (Å²) in [6.45, 7) is 3.53. The molecule has 0 aromatic rings. The maximum absolute atomic E-state index is 11.4. The molecule has 0 atom stereocenters. The standard InChI is InChI=1S/C8H10N4OS2/c1-3-4-12-6(13)5-15-8(12)11-10-7(14)9-2/h3-4H,1,5H2,2H3,(H-,9,10,14)/p+1/b11-8-,12-4+. The van der Waals surface area contributed by atoms with Crippen molar-refractivity contribution in [3.05, 3.63) is 12.7 Å². The van der Waals surface area contributed by atoms with Crippen LogP contribution in [0.25, 0.3) is 0 Å². The zero-order valence-corrected chi connectivity index (χ0v) is 9.82. The maximum Gasteiger partial charge on any atom is 0.391 e. The monoisotopic (exact) mass is 243 g/mol. The molecule has 0 spiro atoms. The lowest BCUT2D eigenvalue weighted by Crippen LogP contribution is -2.30. The van der Waals surface area contributed by atoms with Crippen LogP contribution in [-0.2, 0) is 4.79 Å². The Morgan fingerprint density at radius 3 is 3.13 bits per heavy atom. The van der Waals surface area contributed by atoms with Crippen molar-refractivity contribution in [3.8, 4) is 0 Å². The summed E-state index contributed by atoms with van der Waals surface area (Å²) in [5.74, 6) is 0.368. The molecule has 1 rings (SSSR count). The normalized spacial score (nSPS) is 20.7. The third-order valence-electron chi connectivity index (χ3n) is 1.53. The Morgan fingerprint density at radius 1 is 1.80 bits per heavy atom. The number of thioether (sulfide) groups is 1. The Labute approximate surface area is 97.3 Å². The van der Waals surface area contributed by atoms with E-state index in [1.54, 1.807) is 13.3 Å². The van der Waals surface area contributed by atoms with Crippen LogP contribution in [0.15, 0.2) is 17.8 Å². The molecule has 7 heteroatoms. The van der Waals surface area contributed by atoms with Gasteiger partial charge in [-0.15, -0.1) is 0 Å². The summed E-state index contributed by atoms with van der Waals surface area (Å²) in [6.07, 6.45) is 3.11. The van der Waals surface area contributed by atoms with E-state index in [1.165, 1.54) is 22.4 Å². The fraction of sp³-hybridized carbons (Fsp3) is 0.250. The van der Waals surface area contributed by atoms with Crippen molar-refractivity contribution in [2.45, 2.75) is 0 Å². The number of thiocarbonyl (C=S) groups is 1. The van der Waals surface area contributed by atoms with Crippen molar-refractivity contribution >= 4 is 46.4 Å². The van der Waals surface area contributed by atoms with Gasteiger partial charge in [-0.1, -0.05) is 6.58 Å². The van der Waals surface area contributed by atoms with E-state index in [0.29, 0.717) is 16.0 Å². The summed E-state index contributed by atoms with van der Waals surface area (Å²) >= 11 is 6.20. The minimum Gasteiger partial charge on any atom is -0.363 e. The molecule has 0 unspecified atom stereocenters. The van der Waals surface area contributed by atoms with Crippen molar-refractivity contribution in [1.29, 1.82) is 0 Å². The Bertz CT molecular complexity index is 362. The second-order valence-electron chi connectivity index (χ2n) is 2.52. The lowest BCUT2D eigenvalue weighted by Gasteiger charge is -1.95. The van der Waals surface area contributed by atoms with E-state index in [-0.39, 0.29) is 5.91 Å². The van der Waals surface area contributed by atoms with E-state index in [2.05, 4.69) is 22.4 Å². The van der Waals surface area contributed by atoms with E-state index in [9.17, 15) is 4.79 Å². The van der Waals surface area contributed by atoms with Gasteiger partial charge in [0.05, 0.1) is 11.3 Å². The van der Waals surface area contributed by atoms with Crippen LogP contribution >= 0.6 is 24.0 Å². The van der Waals surface area contributed by atoms with E-state index in [0.717, 1.165) is 0 Å². The highest BCUT2D eigenvalue weighted by Crippen LogP contribution is 2.13. The number of carbonyl (C=O) groups excluding carboxylic acids is 1. The summed E-state index contributed by atoms with van der Waals surface area (Å²) in [7, 11) is 1.69. The average molecular weight is 243 g/mol. The number of allylic oxidation sites excluding steroid dienone is 1. The van der Waals surface area contributed by atoms with Crippen LogP contribution in [0.4, 0.5) is 0 Å². The van der Waals surface area contributed by atoms with Crippen molar-refractivity contribution < 1.29 is 9.37 Å². The zero-order chi connectivity index (χ0) is 11.3. The molecular formula is C8H11N4OS2+. The average Bonchev–Trinajstić information content (AvgIpc) is 2.58. The summed E-state index contributed by atoms with van der Waals surface area (Å²) in [6, 6.07) is 0. The number of rotatable bonds is 2. The quantitative estimate of drug-likeness (QED) is 0.403. The van der Waals surface area contributed by atoms with Gasteiger partial charge in [0.25, 0.3) is 0 Å². The molecule has 5 nitrogen and oxygen atoms in total. The number of hydrogen-bond acceptors (Lipinski definition) is 4. The topological polar surface area (TPSA) is 56.5 Å². The Morgan fingerprint density at radius 2 is 2.53 bits per heavy atom. The number of hydrogen-bond donors (Lipinski definition) is 2. The molecule has 2 N–H and O–H groups in total. The predicted molar refractivity (Wildman–Crippen MR) is 66.2 cm³/mol. The highest BCUT2D eigenvalue weighted by atomic mass is 32.2. The largest absolute Gasteiger partial charge is 0.391 e. The van der Waals surface area contributed by atoms with Crippen LogP contribution < -0.4 is 10.7 Å². The molecule has 80 valence electrons. The molecule has 0 saturated carbocycles. The molecule has 1 aliphatic heterocycles. The second kappa shape index (κ2) is 5.62. The number of nitrogens with zero attached hydrogens (tertiary/aromatic N) is 2. The minimum atomic E-state index is -0.0178. The van der Waals surface area contributed by atoms with Gasteiger partial charge in [-0.2, -0.15) is 10.0 Å². The van der Waals surface area contributed by atoms with Crippen molar-refractivity contribution in [2.75, 3.05) is 12.8 Å². The van der Waals surface area contributed by atoms with Gasteiger partial charge in [-0.05, 0) is 30.1 Å². The number of nitrogens with one attached hydrogen (secondary N) is 2. The Balaban J connectivity index is 2.77.